The molecule has 4 heteroatoms. The van der Waals surface area contributed by atoms with Gasteiger partial charge in [0.1, 0.15) is 7.42 Å². The molecule has 0 spiro atoms. The Morgan fingerprint density at radius 1 is 1.12 bits per heavy atom. The van der Waals surface area contributed by atoms with Crippen LogP contribution in [0.1, 0.15) is 0 Å². The van der Waals surface area contributed by atoms with Gasteiger partial charge >= 0.3 is 0 Å². The fourth-order valence-corrected chi connectivity index (χ4v) is 0. The summed E-state index contributed by atoms with van der Waals surface area (Å²) >= 11 is 8.75. The lowest BCUT2D eigenvalue weighted by molar-refractivity contribution is 2.10. The van der Waals surface area contributed by atoms with E-state index in [0.29, 0.717) is 0 Å². The first-order valence-electron chi connectivity index (χ1n) is 2.38. The SMILES string of the molecule is C[Si](C)Br.C[Si](C)Cl. The number of hydrogen-bond acceptors (Lipinski definition) is 0. The topological polar surface area (TPSA) is 0 Å². The predicted octanol–water partition coefficient (Wildman–Crippen LogP) is 3.11. The molecule has 0 bridgehead atoms. The van der Waals surface area contributed by atoms with Gasteiger partial charge in [-0.2, -0.15) is 11.1 Å². The zero-order valence-electron chi connectivity index (χ0n) is 5.76. The first kappa shape index (κ1) is 11.9. The second kappa shape index (κ2) is 8.20. The molecule has 0 rings (SSSR count). The van der Waals surface area contributed by atoms with Crippen LogP contribution in [0.2, 0.25) is 26.2 Å². The van der Waals surface area contributed by atoms with Crippen molar-refractivity contribution in [3.05, 3.63) is 0 Å². The molecular weight excluding hydrogens is 220 g/mol. The van der Waals surface area contributed by atoms with E-state index >= 15 is 0 Å². The Labute approximate surface area is 68.1 Å². The van der Waals surface area contributed by atoms with Crippen LogP contribution in [-0.4, -0.2) is 15.5 Å². The summed E-state index contributed by atoms with van der Waals surface area (Å²) < 4.78 is 0. The molecule has 0 aromatic rings. The monoisotopic (exact) mass is 230 g/mol. The lowest BCUT2D eigenvalue weighted by atomic mass is 11.9. The third-order valence-corrected chi connectivity index (χ3v) is 0. The van der Waals surface area contributed by atoms with E-state index in [0.717, 1.165) is 0 Å². The molecule has 0 amide bonds. The molecule has 0 heterocycles. The summed E-state index contributed by atoms with van der Waals surface area (Å²) in [6.45, 7) is 8.44. The molecule has 50 valence electrons. The van der Waals surface area contributed by atoms with Crippen molar-refractivity contribution in [1.29, 1.82) is 0 Å². The minimum absolute atomic E-state index is 0.0671. The highest BCUT2D eigenvalue weighted by molar-refractivity contribution is 9.24. The second-order valence-corrected chi connectivity index (χ2v) is 12.3. The maximum Gasteiger partial charge on any atom is 0.158 e. The second-order valence-electron chi connectivity index (χ2n) is 1.76. The first-order valence-corrected chi connectivity index (χ1v) is 10.6. The van der Waals surface area contributed by atoms with Crippen molar-refractivity contribution in [3.8, 4) is 0 Å². The largest absolute Gasteiger partial charge is 0.170 e. The number of hydrogen-bond donors (Lipinski definition) is 0. The lowest BCUT2D eigenvalue weighted by Crippen LogP contribution is -1.78. The third kappa shape index (κ3) is 191. The van der Waals surface area contributed by atoms with E-state index in [9.17, 15) is 0 Å². The quantitative estimate of drug-likeness (QED) is 0.444. The Morgan fingerprint density at radius 3 is 1.12 bits per heavy atom. The molecule has 0 aromatic heterocycles. The van der Waals surface area contributed by atoms with Crippen LogP contribution >= 0.6 is 26.4 Å². The van der Waals surface area contributed by atoms with Crippen LogP contribution < -0.4 is 0 Å². The third-order valence-electron chi connectivity index (χ3n) is 0. The van der Waals surface area contributed by atoms with Gasteiger partial charge in [0.15, 0.2) is 8.11 Å². The summed E-state index contributed by atoms with van der Waals surface area (Å²) in [5.41, 5.74) is 0. The van der Waals surface area contributed by atoms with Crippen molar-refractivity contribution < 1.29 is 0 Å². The Bertz CT molecular complexity index is 29.5. The Kier molecular flexibility index (Phi) is 12.2. The zero-order valence-corrected chi connectivity index (χ0v) is 10.1. The fourth-order valence-electron chi connectivity index (χ4n) is 0. The Hall–Kier alpha value is 1.20. The first-order chi connectivity index (χ1) is 3.46. The molecule has 0 aliphatic rings. The van der Waals surface area contributed by atoms with Gasteiger partial charge < -0.3 is 0 Å². The fraction of sp³-hybridized carbons (Fsp3) is 1.00. The minimum Gasteiger partial charge on any atom is -0.170 e. The van der Waals surface area contributed by atoms with E-state index in [1.807, 2.05) is 13.1 Å². The van der Waals surface area contributed by atoms with Gasteiger partial charge in [-0.25, -0.2) is 0 Å². The van der Waals surface area contributed by atoms with Crippen LogP contribution in [0.3, 0.4) is 0 Å². The summed E-state index contributed by atoms with van der Waals surface area (Å²) in [4.78, 5) is 0. The van der Waals surface area contributed by atoms with Crippen molar-refractivity contribution in [3.63, 3.8) is 0 Å². The predicted molar refractivity (Wildman–Crippen MR) is 49.7 cm³/mol. The van der Waals surface area contributed by atoms with Crippen molar-refractivity contribution in [2.24, 2.45) is 0 Å². The average molecular weight is 232 g/mol. The van der Waals surface area contributed by atoms with Crippen molar-refractivity contribution >= 4 is 41.9 Å². The van der Waals surface area contributed by atoms with Gasteiger partial charge in [-0.15, -0.1) is 15.3 Å². The van der Waals surface area contributed by atoms with Crippen LogP contribution in [0.4, 0.5) is 0 Å². The van der Waals surface area contributed by atoms with E-state index in [4.69, 9.17) is 11.1 Å². The van der Waals surface area contributed by atoms with Crippen molar-refractivity contribution in [2.75, 3.05) is 0 Å². The molecule has 0 N–H and O–H groups in total. The summed E-state index contributed by atoms with van der Waals surface area (Å²) in [5.74, 6) is 0. The van der Waals surface area contributed by atoms with Crippen LogP contribution in [0.5, 0.6) is 0 Å². The van der Waals surface area contributed by atoms with Gasteiger partial charge in [0.2, 0.25) is 0 Å². The van der Waals surface area contributed by atoms with Gasteiger partial charge in [0, 0.05) is 0 Å². The van der Waals surface area contributed by atoms with E-state index in [1.165, 1.54) is 0 Å². The molecule has 0 saturated heterocycles. The lowest BCUT2D eigenvalue weighted by Gasteiger charge is -1.71. The van der Waals surface area contributed by atoms with Crippen LogP contribution in [0.25, 0.3) is 0 Å². The summed E-state index contributed by atoms with van der Waals surface area (Å²) in [7, 11) is -0.475. The summed E-state index contributed by atoms with van der Waals surface area (Å²) in [5, 5.41) is 0. The normalized spacial score (nSPS) is 9.00. The molecular formula is C4H12BrClSi2. The van der Waals surface area contributed by atoms with Crippen molar-refractivity contribution in [2.45, 2.75) is 26.2 Å². The van der Waals surface area contributed by atoms with Crippen LogP contribution in [0, 0.1) is 0 Å². The molecule has 0 atom stereocenters. The average Bonchev–Trinajstić information content (AvgIpc) is 1.25. The van der Waals surface area contributed by atoms with Gasteiger partial charge in [0.25, 0.3) is 0 Å². The zero-order chi connectivity index (χ0) is 7.15. The van der Waals surface area contributed by atoms with Gasteiger partial charge in [-0.1, -0.05) is 26.2 Å². The molecule has 2 radical (unpaired) electrons. The molecule has 0 fully saturated rings. The van der Waals surface area contributed by atoms with E-state index in [-0.39, 0.29) is 7.42 Å². The van der Waals surface area contributed by atoms with Crippen LogP contribution in [-0.2, 0) is 0 Å². The molecule has 0 aliphatic carbocycles. The highest BCUT2D eigenvalue weighted by Gasteiger charge is 1.77. The molecule has 8 heavy (non-hydrogen) atoms. The van der Waals surface area contributed by atoms with Gasteiger partial charge in [0.05, 0.1) is 0 Å². The highest BCUT2D eigenvalue weighted by Crippen LogP contribution is 1.85. The standard InChI is InChI=1S/C2H6BrSi.C2H6ClSi/c2*1-4(2)3/h2*1-2H3. The summed E-state index contributed by atoms with van der Waals surface area (Å²) in [6.07, 6.45) is 0. The molecule has 0 aromatic carbocycles. The van der Waals surface area contributed by atoms with E-state index in [2.05, 4.69) is 28.4 Å². The molecule has 0 unspecified atom stereocenters. The number of halogens is 2. The van der Waals surface area contributed by atoms with Crippen LogP contribution in [0.15, 0.2) is 0 Å². The summed E-state index contributed by atoms with van der Waals surface area (Å²) in [6, 6.07) is 0. The van der Waals surface area contributed by atoms with Gasteiger partial charge in [-0.3, -0.25) is 0 Å². The maximum atomic E-state index is 5.38. The van der Waals surface area contributed by atoms with Crippen molar-refractivity contribution in [1.82, 2.24) is 0 Å². The Balaban J connectivity index is 0. The molecule has 0 aliphatic heterocycles. The van der Waals surface area contributed by atoms with Gasteiger partial charge in [-0.05, 0) is 0 Å². The van der Waals surface area contributed by atoms with E-state index in [1.54, 1.807) is 0 Å². The smallest absolute Gasteiger partial charge is 0.158 e. The molecule has 0 saturated carbocycles. The Morgan fingerprint density at radius 2 is 1.12 bits per heavy atom. The van der Waals surface area contributed by atoms with E-state index < -0.39 is 8.11 Å². The maximum absolute atomic E-state index is 5.38. The molecule has 0 nitrogen and oxygen atoms in total. The number of rotatable bonds is 0. The highest BCUT2D eigenvalue weighted by atomic mass is 79.9. The minimum atomic E-state index is -0.407.